The Balaban J connectivity index is 0.000000151. The number of hydrogen-bond donors (Lipinski definition) is 3. The van der Waals surface area contributed by atoms with E-state index in [1.807, 2.05) is 55.4 Å². The fourth-order valence-corrected chi connectivity index (χ4v) is 14.0. The Bertz CT molecular complexity index is 1730. The Hall–Kier alpha value is -2.73. The molecule has 0 radical (unpaired) electrons. The third-order valence-electron chi connectivity index (χ3n) is 18.5. The number of aliphatic carboxylic acids is 1. The summed E-state index contributed by atoms with van der Waals surface area (Å²) in [6.07, 6.45) is 16.4. The average molecular weight is 915 g/mol. The summed E-state index contributed by atoms with van der Waals surface area (Å²) in [7, 11) is 0. The van der Waals surface area contributed by atoms with Crippen LogP contribution in [0.4, 0.5) is 0 Å². The van der Waals surface area contributed by atoms with Crippen LogP contribution in [0.15, 0.2) is 0 Å². The number of carboxylic acid groups (broad SMARTS) is 1. The number of hydrogen-bond acceptors (Lipinski definition) is 11. The highest BCUT2D eigenvalue weighted by molar-refractivity contribution is 5.78. The van der Waals surface area contributed by atoms with E-state index >= 15 is 0 Å². The van der Waals surface area contributed by atoms with Gasteiger partial charge >= 0.3 is 29.8 Å². The van der Waals surface area contributed by atoms with Gasteiger partial charge in [-0.05, 0) is 162 Å². The number of carboxylic acids is 1. The molecule has 11 fully saturated rings. The van der Waals surface area contributed by atoms with Crippen LogP contribution in [0.3, 0.4) is 0 Å². The van der Waals surface area contributed by atoms with Crippen molar-refractivity contribution in [2.45, 2.75) is 233 Å². The number of esters is 4. The summed E-state index contributed by atoms with van der Waals surface area (Å²) >= 11 is 0. The van der Waals surface area contributed by atoms with Crippen LogP contribution in [0, 0.1) is 69.5 Å². The number of ether oxygens (including phenoxy) is 4. The zero-order valence-corrected chi connectivity index (χ0v) is 42.1. The van der Waals surface area contributed by atoms with Crippen molar-refractivity contribution in [3.05, 3.63) is 0 Å². The van der Waals surface area contributed by atoms with Crippen molar-refractivity contribution in [2.24, 2.45) is 69.5 Å². The van der Waals surface area contributed by atoms with E-state index in [1.54, 1.807) is 6.92 Å². The molecule has 12 heteroatoms. The van der Waals surface area contributed by atoms with E-state index in [2.05, 4.69) is 20.8 Å². The van der Waals surface area contributed by atoms with E-state index in [-0.39, 0.29) is 76.2 Å². The monoisotopic (exact) mass is 915 g/mol. The summed E-state index contributed by atoms with van der Waals surface area (Å²) < 4.78 is 22.9. The lowest BCUT2D eigenvalue weighted by Gasteiger charge is -2.62. The third-order valence-corrected chi connectivity index (χ3v) is 18.5. The van der Waals surface area contributed by atoms with E-state index in [1.165, 1.54) is 38.5 Å². The zero-order chi connectivity index (χ0) is 48.3. The lowest BCUT2D eigenvalue weighted by atomic mass is 9.46. The number of carbonyl (C=O) groups excluding carboxylic acids is 4. The van der Waals surface area contributed by atoms with Crippen molar-refractivity contribution in [3.63, 3.8) is 0 Å². The highest BCUT2D eigenvalue weighted by Crippen LogP contribution is 2.65. The second-order valence-electron chi connectivity index (χ2n) is 24.9. The molecule has 10 saturated carbocycles. The molecule has 1 saturated heterocycles. The van der Waals surface area contributed by atoms with Crippen LogP contribution in [-0.2, 0) is 42.9 Å². The van der Waals surface area contributed by atoms with Crippen LogP contribution in [0.25, 0.3) is 0 Å². The Labute approximate surface area is 389 Å². The predicted molar refractivity (Wildman–Crippen MR) is 245 cm³/mol. The minimum atomic E-state index is -0.842. The van der Waals surface area contributed by atoms with Crippen molar-refractivity contribution in [1.82, 2.24) is 0 Å². The number of rotatable bonds is 12. The van der Waals surface area contributed by atoms with Crippen LogP contribution >= 0.6 is 0 Å². The molecule has 0 aromatic heterocycles. The van der Waals surface area contributed by atoms with Gasteiger partial charge in [0.25, 0.3) is 0 Å². The Morgan fingerprint density at radius 2 is 1.20 bits per heavy atom. The second-order valence-corrected chi connectivity index (χ2v) is 24.9. The summed E-state index contributed by atoms with van der Waals surface area (Å²) in [5.41, 5.74) is -3.26. The topological polar surface area (TPSA) is 183 Å². The Kier molecular flexibility index (Phi) is 14.8. The zero-order valence-electron chi connectivity index (χ0n) is 42.1. The molecule has 9 unspecified atom stereocenters. The molecule has 12 nitrogen and oxygen atoms in total. The maximum Gasteiger partial charge on any atom is 0.312 e. The number of aliphatic hydroxyl groups is 2. The normalized spacial score (nSPS) is 39.7. The number of carbonyl (C=O) groups is 5. The summed E-state index contributed by atoms with van der Waals surface area (Å²) in [4.78, 5) is 58.3. The molecule has 1 aliphatic heterocycles. The lowest BCUT2D eigenvalue weighted by molar-refractivity contribution is -0.264. The predicted octanol–water partition coefficient (Wildman–Crippen LogP) is 9.77. The molecule has 0 aromatic carbocycles. The van der Waals surface area contributed by atoms with Crippen molar-refractivity contribution in [2.75, 3.05) is 0 Å². The Morgan fingerprint density at radius 3 is 1.65 bits per heavy atom. The van der Waals surface area contributed by atoms with Gasteiger partial charge in [-0.25, -0.2) is 0 Å². The maximum atomic E-state index is 12.6. The first-order chi connectivity index (χ1) is 30.1. The number of fused-ring (bicyclic) bond motifs is 1. The molecule has 1 heterocycles. The molecule has 11 rings (SSSR count). The fourth-order valence-electron chi connectivity index (χ4n) is 14.0. The molecule has 0 aromatic rings. The van der Waals surface area contributed by atoms with E-state index in [9.17, 15) is 34.2 Å². The lowest BCUT2D eigenvalue weighted by Crippen LogP contribution is -2.67. The van der Waals surface area contributed by atoms with Gasteiger partial charge in [0, 0.05) is 36.5 Å². The summed E-state index contributed by atoms with van der Waals surface area (Å²) in [6.45, 7) is 23.6. The minimum Gasteiger partial charge on any atom is -0.481 e. The first kappa shape index (κ1) is 51.7. The molecule has 65 heavy (non-hydrogen) atoms. The van der Waals surface area contributed by atoms with E-state index in [4.69, 9.17) is 24.1 Å². The van der Waals surface area contributed by atoms with Crippen LogP contribution in [-0.4, -0.2) is 79.8 Å². The SMILES string of the molecule is CCC(C)(C)C(=O)OC(C)(C)C12CC3CC(CC(C3)C1)C2.CCC(C)(C)C(=O)OC12CC3CC(O)(CC(O)(C3)C1)C2.CCC(C)C(=O)O.CCC(C)C(=O)OC1C2CC3C(=O)OC1C3C2. The second kappa shape index (κ2) is 18.6. The van der Waals surface area contributed by atoms with E-state index in [0.29, 0.717) is 31.1 Å². The quantitative estimate of drug-likeness (QED) is 0.125. The van der Waals surface area contributed by atoms with Crippen LogP contribution in [0.5, 0.6) is 0 Å². The van der Waals surface area contributed by atoms with Gasteiger partial charge in [-0.1, -0.05) is 41.5 Å². The molecular weight excluding hydrogens is 829 g/mol. The summed E-state index contributed by atoms with van der Waals surface area (Å²) in [5, 5.41) is 29.5. The molecular formula is C53H86O12. The highest BCUT2D eigenvalue weighted by atomic mass is 16.6. The van der Waals surface area contributed by atoms with Crippen LogP contribution in [0.1, 0.15) is 199 Å². The summed E-state index contributed by atoms with van der Waals surface area (Å²) in [5.74, 6) is 2.31. The highest BCUT2D eigenvalue weighted by Gasteiger charge is 2.66. The molecule has 370 valence electrons. The van der Waals surface area contributed by atoms with Gasteiger partial charge in [-0.3, -0.25) is 24.0 Å². The largest absolute Gasteiger partial charge is 0.481 e. The Morgan fingerprint density at radius 1 is 0.692 bits per heavy atom. The van der Waals surface area contributed by atoms with E-state index < -0.39 is 28.2 Å². The first-order valence-electron chi connectivity index (χ1n) is 25.6. The van der Waals surface area contributed by atoms with Crippen molar-refractivity contribution >= 4 is 29.8 Å². The third kappa shape index (κ3) is 10.6. The molecule has 9 atom stereocenters. The molecule has 10 bridgehead atoms. The van der Waals surface area contributed by atoms with Crippen molar-refractivity contribution in [3.8, 4) is 0 Å². The van der Waals surface area contributed by atoms with E-state index in [0.717, 1.165) is 75.5 Å². The van der Waals surface area contributed by atoms with Gasteiger partial charge < -0.3 is 34.3 Å². The van der Waals surface area contributed by atoms with Crippen LogP contribution in [0.2, 0.25) is 0 Å². The standard InChI is InChI=1S/C19H32O2.C16H26O4.C13H18O4.C5H10O2/c1-6-17(2,3)16(20)21-18(4,5)19-10-13-7-14(11-19)9-15(8-13)12-19;1-4-13(2,3)12(17)20-16-7-11-5-14(18,9-16)8-15(19,6-11)10-16;1-3-6(2)12(14)16-10-7-4-8-9(5-7)13(15)17-11(8)10;1-3-4(2)5(6)7/h13-15H,6-12H2,1-5H3;11,18-19H,4-10H2,1-3H3;6-11H,3-5H2,1-2H3;4H,3H2,1-2H3,(H,6,7). The molecule has 10 aliphatic carbocycles. The molecule has 3 N–H and O–H groups in total. The van der Waals surface area contributed by atoms with Gasteiger partial charge in [0.05, 0.1) is 39.8 Å². The fraction of sp³-hybridized carbons (Fsp3) is 0.906. The molecule has 0 spiro atoms. The van der Waals surface area contributed by atoms with Crippen molar-refractivity contribution < 1.29 is 58.2 Å². The van der Waals surface area contributed by atoms with Gasteiger partial charge in [0.2, 0.25) is 0 Å². The van der Waals surface area contributed by atoms with Crippen molar-refractivity contribution in [1.29, 1.82) is 0 Å². The van der Waals surface area contributed by atoms with Gasteiger partial charge in [-0.2, -0.15) is 0 Å². The summed E-state index contributed by atoms with van der Waals surface area (Å²) in [6, 6.07) is 0. The average Bonchev–Trinajstić information content (AvgIpc) is 3.84. The van der Waals surface area contributed by atoms with Gasteiger partial charge in [0.15, 0.2) is 0 Å². The van der Waals surface area contributed by atoms with Crippen LogP contribution < -0.4 is 0 Å². The molecule has 11 aliphatic rings. The smallest absolute Gasteiger partial charge is 0.312 e. The minimum absolute atomic E-state index is 0.00857. The van der Waals surface area contributed by atoms with Gasteiger partial charge in [0.1, 0.15) is 23.4 Å². The maximum absolute atomic E-state index is 12.6. The molecule has 0 amide bonds. The first-order valence-corrected chi connectivity index (χ1v) is 25.6. The van der Waals surface area contributed by atoms with Gasteiger partial charge in [-0.15, -0.1) is 0 Å².